The molecule has 0 bridgehead atoms. The summed E-state index contributed by atoms with van der Waals surface area (Å²) in [4.78, 5) is 17.1. The molecule has 3 rings (SSSR count). The maximum Gasteiger partial charge on any atom is 0.267 e. The second-order valence-corrected chi connectivity index (χ2v) is 5.96. The number of thiophene rings is 1. The first-order valence-electron chi connectivity index (χ1n) is 6.58. The molecule has 0 aliphatic heterocycles. The first-order valence-corrected chi connectivity index (χ1v) is 7.39. The number of nitrogens with one attached hydrogen (secondary N) is 1. The summed E-state index contributed by atoms with van der Waals surface area (Å²) in [6, 6.07) is 9.59. The van der Waals surface area contributed by atoms with Crippen LogP contribution in [-0.4, -0.2) is 10.9 Å². The van der Waals surface area contributed by atoms with Crippen molar-refractivity contribution < 1.29 is 4.79 Å². The normalized spacial score (nSPS) is 10.8. The maximum atomic E-state index is 12.4. The van der Waals surface area contributed by atoms with E-state index in [1.807, 2.05) is 44.2 Å². The highest BCUT2D eigenvalue weighted by Gasteiger charge is 2.17. The molecule has 0 radical (unpaired) electrons. The first kappa shape index (κ1) is 13.6. The fourth-order valence-electron chi connectivity index (χ4n) is 2.18. The van der Waals surface area contributed by atoms with Crippen molar-refractivity contribution in [2.24, 2.45) is 0 Å². The SMILES string of the molecule is Cc1ccc(NC(=O)c2sc3c(C)cccc3c2N)cn1. The van der Waals surface area contributed by atoms with Crippen molar-refractivity contribution in [3.05, 3.63) is 52.7 Å². The number of nitrogen functional groups attached to an aromatic ring is 1. The average molecular weight is 297 g/mol. The van der Waals surface area contributed by atoms with Crippen LogP contribution in [-0.2, 0) is 0 Å². The summed E-state index contributed by atoms with van der Waals surface area (Å²) in [5.74, 6) is -0.196. The third kappa shape index (κ3) is 2.48. The van der Waals surface area contributed by atoms with Gasteiger partial charge >= 0.3 is 0 Å². The highest BCUT2D eigenvalue weighted by molar-refractivity contribution is 7.21. The zero-order valence-electron chi connectivity index (χ0n) is 11.8. The number of carbonyl (C=O) groups is 1. The van der Waals surface area contributed by atoms with Crippen LogP contribution in [0.15, 0.2) is 36.5 Å². The highest BCUT2D eigenvalue weighted by atomic mass is 32.1. The van der Waals surface area contributed by atoms with Gasteiger partial charge in [0.1, 0.15) is 4.88 Å². The molecule has 5 heteroatoms. The van der Waals surface area contributed by atoms with E-state index in [1.54, 1.807) is 6.20 Å². The summed E-state index contributed by atoms with van der Waals surface area (Å²) in [6.45, 7) is 3.92. The number of benzene rings is 1. The van der Waals surface area contributed by atoms with Crippen LogP contribution < -0.4 is 11.1 Å². The lowest BCUT2D eigenvalue weighted by molar-refractivity contribution is 0.103. The van der Waals surface area contributed by atoms with Crippen LogP contribution in [0.1, 0.15) is 20.9 Å². The summed E-state index contributed by atoms with van der Waals surface area (Å²) in [7, 11) is 0. The van der Waals surface area contributed by atoms with Crippen LogP contribution in [0.25, 0.3) is 10.1 Å². The van der Waals surface area contributed by atoms with Crippen LogP contribution in [0.2, 0.25) is 0 Å². The number of rotatable bonds is 2. The Bertz CT molecular complexity index is 821. The fourth-order valence-corrected chi connectivity index (χ4v) is 3.26. The van der Waals surface area contributed by atoms with Crippen molar-refractivity contribution in [2.45, 2.75) is 13.8 Å². The lowest BCUT2D eigenvalue weighted by Gasteiger charge is -2.04. The van der Waals surface area contributed by atoms with Gasteiger partial charge < -0.3 is 11.1 Å². The zero-order valence-corrected chi connectivity index (χ0v) is 12.6. The predicted molar refractivity (Wildman–Crippen MR) is 87.9 cm³/mol. The van der Waals surface area contributed by atoms with E-state index in [2.05, 4.69) is 10.3 Å². The molecule has 3 N–H and O–H groups in total. The van der Waals surface area contributed by atoms with Gasteiger partial charge in [-0.15, -0.1) is 11.3 Å². The summed E-state index contributed by atoms with van der Waals surface area (Å²) in [5.41, 5.74) is 9.36. The van der Waals surface area contributed by atoms with E-state index in [1.165, 1.54) is 11.3 Å². The van der Waals surface area contributed by atoms with Crippen LogP contribution in [0.3, 0.4) is 0 Å². The number of nitrogens with two attached hydrogens (primary N) is 1. The Hall–Kier alpha value is -2.40. The summed E-state index contributed by atoms with van der Waals surface area (Å²) in [6.07, 6.45) is 1.64. The molecule has 1 amide bonds. The molecular weight excluding hydrogens is 282 g/mol. The standard InChI is InChI=1S/C16H15N3OS/c1-9-4-3-5-12-13(17)15(21-14(9)12)16(20)19-11-7-6-10(2)18-8-11/h3-8H,17H2,1-2H3,(H,19,20). The Morgan fingerprint density at radius 1 is 1.24 bits per heavy atom. The minimum Gasteiger partial charge on any atom is -0.397 e. The van der Waals surface area contributed by atoms with Crippen molar-refractivity contribution in [1.82, 2.24) is 4.98 Å². The molecule has 4 nitrogen and oxygen atoms in total. The van der Waals surface area contributed by atoms with Gasteiger partial charge in [-0.3, -0.25) is 9.78 Å². The predicted octanol–water partition coefficient (Wildman–Crippen LogP) is 3.75. The molecule has 0 unspecified atom stereocenters. The molecule has 0 aliphatic carbocycles. The molecule has 0 spiro atoms. The lowest BCUT2D eigenvalue weighted by atomic mass is 10.1. The topological polar surface area (TPSA) is 68.0 Å². The van der Waals surface area contributed by atoms with Crippen LogP contribution in [0.4, 0.5) is 11.4 Å². The third-order valence-corrected chi connectivity index (χ3v) is 4.68. The van der Waals surface area contributed by atoms with E-state index in [-0.39, 0.29) is 5.91 Å². The monoisotopic (exact) mass is 297 g/mol. The van der Waals surface area contributed by atoms with Crippen molar-refractivity contribution in [2.75, 3.05) is 11.1 Å². The Morgan fingerprint density at radius 2 is 2.05 bits per heavy atom. The number of aryl methyl sites for hydroxylation is 2. The van der Waals surface area contributed by atoms with Gasteiger partial charge in [-0.1, -0.05) is 18.2 Å². The van der Waals surface area contributed by atoms with E-state index < -0.39 is 0 Å². The van der Waals surface area contributed by atoms with Gasteiger partial charge in [-0.2, -0.15) is 0 Å². The van der Waals surface area contributed by atoms with Crippen LogP contribution in [0, 0.1) is 13.8 Å². The van der Waals surface area contributed by atoms with Crippen molar-refractivity contribution in [3.8, 4) is 0 Å². The minimum absolute atomic E-state index is 0.196. The lowest BCUT2D eigenvalue weighted by Crippen LogP contribution is -2.12. The smallest absolute Gasteiger partial charge is 0.267 e. The molecule has 1 aromatic carbocycles. The van der Waals surface area contributed by atoms with Gasteiger partial charge in [0, 0.05) is 15.8 Å². The maximum absolute atomic E-state index is 12.4. The van der Waals surface area contributed by atoms with Gasteiger partial charge in [0.25, 0.3) is 5.91 Å². The Kier molecular flexibility index (Phi) is 3.35. The molecule has 0 saturated heterocycles. The average Bonchev–Trinajstić information content (AvgIpc) is 2.81. The van der Waals surface area contributed by atoms with Crippen molar-refractivity contribution in [3.63, 3.8) is 0 Å². The van der Waals surface area contributed by atoms with Gasteiger partial charge in [0.2, 0.25) is 0 Å². The number of hydrogen-bond acceptors (Lipinski definition) is 4. The molecule has 21 heavy (non-hydrogen) atoms. The minimum atomic E-state index is -0.196. The number of aromatic nitrogens is 1. The van der Waals surface area contributed by atoms with Crippen molar-refractivity contribution in [1.29, 1.82) is 0 Å². The largest absolute Gasteiger partial charge is 0.397 e. The molecule has 106 valence electrons. The number of fused-ring (bicyclic) bond motifs is 1. The number of carbonyl (C=O) groups excluding carboxylic acids is 1. The Balaban J connectivity index is 1.96. The molecule has 2 aromatic heterocycles. The van der Waals surface area contributed by atoms with Gasteiger partial charge in [0.15, 0.2) is 0 Å². The second-order valence-electron chi connectivity index (χ2n) is 4.94. The Morgan fingerprint density at radius 3 is 2.71 bits per heavy atom. The Labute approximate surface area is 126 Å². The van der Waals surface area contributed by atoms with Gasteiger partial charge in [-0.05, 0) is 31.5 Å². The summed E-state index contributed by atoms with van der Waals surface area (Å²) >= 11 is 1.42. The highest BCUT2D eigenvalue weighted by Crippen LogP contribution is 2.35. The molecule has 0 fully saturated rings. The quantitative estimate of drug-likeness (QED) is 0.757. The zero-order chi connectivity index (χ0) is 15.0. The fraction of sp³-hybridized carbons (Fsp3) is 0.125. The van der Waals surface area contributed by atoms with Gasteiger partial charge in [-0.25, -0.2) is 0 Å². The summed E-state index contributed by atoms with van der Waals surface area (Å²) in [5, 5.41) is 3.77. The second kappa shape index (κ2) is 5.18. The number of anilines is 2. The molecule has 0 atom stereocenters. The molecule has 3 aromatic rings. The molecule has 0 aliphatic rings. The van der Waals surface area contributed by atoms with E-state index in [9.17, 15) is 4.79 Å². The van der Waals surface area contributed by atoms with Gasteiger partial charge in [0.05, 0.1) is 17.6 Å². The molecule has 0 saturated carbocycles. The first-order chi connectivity index (χ1) is 10.1. The molecule has 2 heterocycles. The number of nitrogens with zero attached hydrogens (tertiary/aromatic N) is 1. The van der Waals surface area contributed by atoms with E-state index >= 15 is 0 Å². The van der Waals surface area contributed by atoms with E-state index in [4.69, 9.17) is 5.73 Å². The number of amides is 1. The number of hydrogen-bond donors (Lipinski definition) is 2. The number of pyridine rings is 1. The molecular formula is C16H15N3OS. The summed E-state index contributed by atoms with van der Waals surface area (Å²) < 4.78 is 1.06. The van der Waals surface area contributed by atoms with Crippen LogP contribution >= 0.6 is 11.3 Å². The van der Waals surface area contributed by atoms with E-state index in [0.29, 0.717) is 16.3 Å². The third-order valence-electron chi connectivity index (χ3n) is 3.33. The van der Waals surface area contributed by atoms with E-state index in [0.717, 1.165) is 21.3 Å². The van der Waals surface area contributed by atoms with Crippen molar-refractivity contribution >= 4 is 38.7 Å². The van der Waals surface area contributed by atoms with Crippen LogP contribution in [0.5, 0.6) is 0 Å².